The molecule has 0 aliphatic rings. The molecule has 0 atom stereocenters. The Kier molecular flexibility index (Phi) is 5.86. The molecule has 0 fully saturated rings. The summed E-state index contributed by atoms with van der Waals surface area (Å²) in [5.41, 5.74) is 0. The van der Waals surface area contributed by atoms with E-state index in [9.17, 15) is 0 Å². The van der Waals surface area contributed by atoms with Crippen LogP contribution < -0.4 is 18.6 Å². The van der Waals surface area contributed by atoms with Crippen molar-refractivity contribution in [3.05, 3.63) is 15.9 Å². The molecule has 0 N–H and O–H groups in total. The predicted octanol–water partition coefficient (Wildman–Crippen LogP) is -4.67. The van der Waals surface area contributed by atoms with Gasteiger partial charge in [0.05, 0.1) is 0 Å². The SMILES string of the molecule is [O-][Cl+3]([O-])([O-])[O-].c1c[se][se+]c1. The van der Waals surface area contributed by atoms with E-state index in [4.69, 9.17) is 18.6 Å². The van der Waals surface area contributed by atoms with Crippen molar-refractivity contribution < 1.29 is 28.9 Å². The first-order valence-electron chi connectivity index (χ1n) is 1.92. The molecule has 0 spiro atoms. The summed E-state index contributed by atoms with van der Waals surface area (Å²) in [6.07, 6.45) is 0. The third-order valence-electron chi connectivity index (χ3n) is 0.324. The number of rotatable bonds is 0. The maximum atomic E-state index is 8.49. The van der Waals surface area contributed by atoms with Crippen molar-refractivity contribution in [3.8, 4) is 0 Å². The Morgan fingerprint density at radius 3 is 1.80 bits per heavy atom. The van der Waals surface area contributed by atoms with E-state index >= 15 is 0 Å². The fraction of sp³-hybridized carbons (Fsp3) is 0. The Bertz CT molecular complexity index is 125. The molecule has 58 valence electrons. The Balaban J connectivity index is 0.000000162. The van der Waals surface area contributed by atoms with Gasteiger partial charge in [0.25, 0.3) is 0 Å². The van der Waals surface area contributed by atoms with Crippen LogP contribution in [0.3, 0.4) is 0 Å². The van der Waals surface area contributed by atoms with Crippen molar-refractivity contribution in [1.29, 1.82) is 0 Å². The third-order valence-corrected chi connectivity index (χ3v) is 5.32. The van der Waals surface area contributed by atoms with Gasteiger partial charge in [0.1, 0.15) is 0 Å². The van der Waals surface area contributed by atoms with E-state index in [1.54, 1.807) is 0 Å². The zero-order valence-corrected chi connectivity index (χ0v) is 8.74. The van der Waals surface area contributed by atoms with Gasteiger partial charge >= 0.3 is 41.2 Å². The topological polar surface area (TPSA) is 92.2 Å². The molecule has 10 heavy (non-hydrogen) atoms. The summed E-state index contributed by atoms with van der Waals surface area (Å²) in [7, 11) is -4.94. The molecule has 1 aromatic heterocycles. The average Bonchev–Trinajstić information content (AvgIpc) is 2.07. The number of halogens is 1. The average molecular weight is 296 g/mol. The monoisotopic (exact) mass is 298 g/mol. The van der Waals surface area contributed by atoms with Crippen LogP contribution in [0.4, 0.5) is 0 Å². The van der Waals surface area contributed by atoms with Crippen LogP contribution >= 0.6 is 0 Å². The molecule has 1 aromatic rings. The van der Waals surface area contributed by atoms with Crippen molar-refractivity contribution in [2.24, 2.45) is 0 Å². The third kappa shape index (κ3) is 15.9. The Labute approximate surface area is 70.1 Å². The molecule has 0 aromatic carbocycles. The van der Waals surface area contributed by atoms with Gasteiger partial charge in [-0.3, -0.25) is 0 Å². The molecule has 1 heterocycles. The first-order chi connectivity index (χ1) is 4.50. The van der Waals surface area contributed by atoms with Gasteiger partial charge in [-0.25, -0.2) is 18.6 Å². The van der Waals surface area contributed by atoms with Crippen LogP contribution in [0.25, 0.3) is 0 Å². The summed E-state index contributed by atoms with van der Waals surface area (Å²) >= 11 is 1.79. The second-order valence-electron chi connectivity index (χ2n) is 1.04. The molecule has 0 unspecified atom stereocenters. The molecular formula is C3H3ClO4Se2. The summed E-state index contributed by atoms with van der Waals surface area (Å²) in [5, 5.41) is 0. The minimum absolute atomic E-state index is 0.896. The van der Waals surface area contributed by atoms with Gasteiger partial charge < -0.3 is 0 Å². The summed E-state index contributed by atoms with van der Waals surface area (Å²) in [5.74, 6) is 0. The Morgan fingerprint density at radius 1 is 1.20 bits per heavy atom. The van der Waals surface area contributed by atoms with Gasteiger partial charge in [-0.2, -0.15) is 0 Å². The van der Waals surface area contributed by atoms with E-state index in [0.717, 1.165) is 25.3 Å². The number of hydrogen-bond acceptors (Lipinski definition) is 4. The van der Waals surface area contributed by atoms with Gasteiger partial charge in [-0.05, 0) is 0 Å². The van der Waals surface area contributed by atoms with Gasteiger partial charge in [0.2, 0.25) is 0 Å². The van der Waals surface area contributed by atoms with Gasteiger partial charge in [0.15, 0.2) is 0 Å². The van der Waals surface area contributed by atoms with E-state index in [2.05, 4.69) is 15.9 Å². The van der Waals surface area contributed by atoms with Gasteiger partial charge in [-0.1, -0.05) is 0 Å². The number of hydrogen-bond donors (Lipinski definition) is 0. The molecule has 0 amide bonds. The first-order valence-corrected chi connectivity index (χ1v) is 9.47. The van der Waals surface area contributed by atoms with Gasteiger partial charge in [-0.15, -0.1) is 10.2 Å². The van der Waals surface area contributed by atoms with Crippen LogP contribution in [-0.2, 0) is 0 Å². The summed E-state index contributed by atoms with van der Waals surface area (Å²) in [6.45, 7) is 0. The van der Waals surface area contributed by atoms with Gasteiger partial charge in [0, 0.05) is 0 Å². The molecule has 0 aliphatic carbocycles. The van der Waals surface area contributed by atoms with Crippen molar-refractivity contribution in [1.82, 2.24) is 0 Å². The molecule has 0 aliphatic heterocycles. The van der Waals surface area contributed by atoms with Crippen LogP contribution in [0, 0.1) is 10.2 Å². The predicted molar refractivity (Wildman–Crippen MR) is 24.7 cm³/mol. The van der Waals surface area contributed by atoms with Crippen molar-refractivity contribution in [2.45, 2.75) is 0 Å². The zero-order valence-electron chi connectivity index (χ0n) is 4.56. The molecule has 1 rings (SSSR count). The molecule has 0 bridgehead atoms. The molecule has 4 nitrogen and oxygen atoms in total. The molecule has 0 saturated heterocycles. The molecular weight excluding hydrogens is 293 g/mol. The summed E-state index contributed by atoms with van der Waals surface area (Å²) < 4.78 is 34.0. The van der Waals surface area contributed by atoms with Crippen LogP contribution in [-0.4, -0.2) is 25.3 Å². The first kappa shape index (κ1) is 10.8. The Morgan fingerprint density at radius 2 is 1.70 bits per heavy atom. The van der Waals surface area contributed by atoms with Crippen molar-refractivity contribution in [2.75, 3.05) is 0 Å². The molecule has 0 radical (unpaired) electrons. The van der Waals surface area contributed by atoms with Crippen LogP contribution in [0.5, 0.6) is 0 Å². The van der Waals surface area contributed by atoms with E-state index in [1.165, 1.54) is 0 Å². The van der Waals surface area contributed by atoms with Crippen molar-refractivity contribution in [3.63, 3.8) is 0 Å². The fourth-order valence-electron chi connectivity index (χ4n) is 0.160. The molecule has 0 saturated carbocycles. The van der Waals surface area contributed by atoms with E-state index in [1.807, 2.05) is 0 Å². The van der Waals surface area contributed by atoms with Crippen LogP contribution in [0.15, 0.2) is 15.9 Å². The Hall–Kier alpha value is 0.779. The second-order valence-corrected chi connectivity index (χ2v) is 7.94. The summed E-state index contributed by atoms with van der Waals surface area (Å²) in [6, 6.07) is 2.17. The van der Waals surface area contributed by atoms with Crippen molar-refractivity contribution >= 4 is 25.3 Å². The standard InChI is InChI=1S/C3H3Se2.ClHO4/c1-2-4-5-3-1;2-1(3,4)5/h1-3H;(H,2,3,4,5)/q+1;/p-1. The second kappa shape index (κ2) is 5.43. The minimum atomic E-state index is -4.94. The maximum absolute atomic E-state index is 8.49. The van der Waals surface area contributed by atoms with Crippen LogP contribution in [0.1, 0.15) is 0 Å². The fourth-order valence-corrected chi connectivity index (χ4v) is 4.33. The molecule has 7 heteroatoms. The van der Waals surface area contributed by atoms with E-state index < -0.39 is 10.2 Å². The van der Waals surface area contributed by atoms with E-state index in [-0.39, 0.29) is 0 Å². The summed E-state index contributed by atoms with van der Waals surface area (Å²) in [4.78, 5) is 4.54. The zero-order chi connectivity index (χ0) is 8.04. The van der Waals surface area contributed by atoms with E-state index in [0.29, 0.717) is 0 Å². The quantitative estimate of drug-likeness (QED) is 0.450. The van der Waals surface area contributed by atoms with Crippen LogP contribution in [0.2, 0.25) is 0 Å². The normalized spacial score (nSPS) is 10.0.